The molecule has 0 atom stereocenters. The number of hydrogen-bond acceptors (Lipinski definition) is 2. The second-order valence-electron chi connectivity index (χ2n) is 2.85. The second-order valence-corrected chi connectivity index (χ2v) is 2.85. The van der Waals surface area contributed by atoms with Gasteiger partial charge in [-0.2, -0.15) is 0 Å². The summed E-state index contributed by atoms with van der Waals surface area (Å²) in [5.41, 5.74) is 2.27. The lowest BCUT2D eigenvalue weighted by atomic mass is 10.1. The summed E-state index contributed by atoms with van der Waals surface area (Å²) in [7, 11) is 0. The highest BCUT2D eigenvalue weighted by Crippen LogP contribution is 2.14. The molecule has 13 heavy (non-hydrogen) atoms. The number of carboxylic acid groups (broad SMARTS) is 1. The molecule has 0 unspecified atom stereocenters. The largest absolute Gasteiger partial charge is 0.476 e. The molecule has 68 valence electrons. The highest BCUT2D eigenvalue weighted by atomic mass is 16.4. The molecule has 0 spiro atoms. The van der Waals surface area contributed by atoms with Crippen molar-refractivity contribution >= 4 is 12.0 Å². The Bertz CT molecular complexity index is 369. The Morgan fingerprint density at radius 3 is 2.69 bits per heavy atom. The number of aromatic nitrogens is 1. The van der Waals surface area contributed by atoms with Crippen molar-refractivity contribution in [3.63, 3.8) is 0 Å². The standard InChI is InChI=1S/C10H11NO2/c1-4-8-6(2)5-7(3)11-9(8)10(12)13/h4-5H,1H2,2-3H3,(H,12,13). The van der Waals surface area contributed by atoms with Gasteiger partial charge in [0, 0.05) is 11.3 Å². The molecule has 1 rings (SSSR count). The van der Waals surface area contributed by atoms with E-state index >= 15 is 0 Å². The average Bonchev–Trinajstić information content (AvgIpc) is 2.02. The van der Waals surface area contributed by atoms with Crippen molar-refractivity contribution in [3.05, 3.63) is 35.2 Å². The van der Waals surface area contributed by atoms with Gasteiger partial charge in [0.1, 0.15) is 0 Å². The molecule has 1 heterocycles. The molecule has 0 aliphatic carbocycles. The normalized spacial score (nSPS) is 9.69. The quantitative estimate of drug-likeness (QED) is 0.752. The highest BCUT2D eigenvalue weighted by molar-refractivity contribution is 5.90. The first-order valence-corrected chi connectivity index (χ1v) is 3.90. The van der Waals surface area contributed by atoms with Crippen molar-refractivity contribution < 1.29 is 9.90 Å². The van der Waals surface area contributed by atoms with Gasteiger partial charge in [-0.15, -0.1) is 0 Å². The Kier molecular flexibility index (Phi) is 2.46. The minimum absolute atomic E-state index is 0.0764. The molecule has 3 heteroatoms. The lowest BCUT2D eigenvalue weighted by Crippen LogP contribution is -2.06. The van der Waals surface area contributed by atoms with Crippen LogP contribution in [0.3, 0.4) is 0 Å². The Morgan fingerprint density at radius 1 is 1.62 bits per heavy atom. The van der Waals surface area contributed by atoms with Gasteiger partial charge in [-0.05, 0) is 25.5 Å². The fraction of sp³-hybridized carbons (Fsp3) is 0.200. The molecule has 0 aliphatic heterocycles. The van der Waals surface area contributed by atoms with E-state index in [0.29, 0.717) is 11.3 Å². The van der Waals surface area contributed by atoms with E-state index in [1.807, 2.05) is 13.0 Å². The molecule has 0 bridgehead atoms. The highest BCUT2D eigenvalue weighted by Gasteiger charge is 2.12. The molecular weight excluding hydrogens is 166 g/mol. The molecule has 0 aromatic carbocycles. The van der Waals surface area contributed by atoms with Crippen molar-refractivity contribution in [2.45, 2.75) is 13.8 Å². The zero-order valence-corrected chi connectivity index (χ0v) is 7.66. The second kappa shape index (κ2) is 3.39. The summed E-state index contributed by atoms with van der Waals surface area (Å²) in [6, 6.07) is 1.84. The number of carboxylic acids is 1. The molecule has 0 saturated heterocycles. The van der Waals surface area contributed by atoms with E-state index in [9.17, 15) is 4.79 Å². The van der Waals surface area contributed by atoms with Gasteiger partial charge in [0.15, 0.2) is 5.69 Å². The van der Waals surface area contributed by atoms with E-state index < -0.39 is 5.97 Å². The zero-order chi connectivity index (χ0) is 10.0. The molecule has 1 aromatic heterocycles. The SMILES string of the molecule is C=Cc1c(C)cc(C)nc1C(=O)O. The maximum absolute atomic E-state index is 10.8. The maximum Gasteiger partial charge on any atom is 0.355 e. The minimum Gasteiger partial charge on any atom is -0.476 e. The number of aryl methyl sites for hydroxylation is 2. The third kappa shape index (κ3) is 1.75. The smallest absolute Gasteiger partial charge is 0.355 e. The number of carbonyl (C=O) groups is 1. The summed E-state index contributed by atoms with van der Waals surface area (Å²) in [4.78, 5) is 14.7. The van der Waals surface area contributed by atoms with Crippen molar-refractivity contribution in [2.24, 2.45) is 0 Å². The first kappa shape index (κ1) is 9.45. The number of pyridine rings is 1. The number of rotatable bonds is 2. The van der Waals surface area contributed by atoms with E-state index in [0.717, 1.165) is 5.56 Å². The topological polar surface area (TPSA) is 50.2 Å². The van der Waals surface area contributed by atoms with Crippen LogP contribution >= 0.6 is 0 Å². The molecule has 3 nitrogen and oxygen atoms in total. The number of nitrogens with zero attached hydrogens (tertiary/aromatic N) is 1. The molecule has 0 amide bonds. The minimum atomic E-state index is -1.01. The summed E-state index contributed by atoms with van der Waals surface area (Å²) < 4.78 is 0. The van der Waals surface area contributed by atoms with Gasteiger partial charge in [-0.25, -0.2) is 9.78 Å². The third-order valence-corrected chi connectivity index (χ3v) is 1.80. The predicted octanol–water partition coefficient (Wildman–Crippen LogP) is 2.04. The molecule has 0 fully saturated rings. The Hall–Kier alpha value is -1.64. The summed E-state index contributed by atoms with van der Waals surface area (Å²) in [6.07, 6.45) is 1.52. The van der Waals surface area contributed by atoms with Crippen LogP contribution in [0.4, 0.5) is 0 Å². The van der Waals surface area contributed by atoms with Gasteiger partial charge in [0.2, 0.25) is 0 Å². The first-order chi connectivity index (χ1) is 6.06. The lowest BCUT2D eigenvalue weighted by Gasteiger charge is -2.05. The molecule has 1 N–H and O–H groups in total. The van der Waals surface area contributed by atoms with Gasteiger partial charge in [0.05, 0.1) is 0 Å². The molecule has 0 radical (unpaired) electrons. The number of aromatic carboxylic acids is 1. The zero-order valence-electron chi connectivity index (χ0n) is 7.66. The number of hydrogen-bond donors (Lipinski definition) is 1. The van der Waals surface area contributed by atoms with Crippen LogP contribution in [0.15, 0.2) is 12.6 Å². The molecule has 0 aliphatic rings. The monoisotopic (exact) mass is 177 g/mol. The van der Waals surface area contributed by atoms with Crippen molar-refractivity contribution in [3.8, 4) is 0 Å². The van der Waals surface area contributed by atoms with Crippen LogP contribution in [0.5, 0.6) is 0 Å². The van der Waals surface area contributed by atoms with Crippen LogP contribution < -0.4 is 0 Å². The van der Waals surface area contributed by atoms with Crippen LogP contribution in [0, 0.1) is 13.8 Å². The van der Waals surface area contributed by atoms with Crippen LogP contribution in [-0.2, 0) is 0 Å². The Morgan fingerprint density at radius 2 is 2.23 bits per heavy atom. The van der Waals surface area contributed by atoms with Gasteiger partial charge in [-0.3, -0.25) is 0 Å². The van der Waals surface area contributed by atoms with Crippen molar-refractivity contribution in [2.75, 3.05) is 0 Å². The van der Waals surface area contributed by atoms with Gasteiger partial charge in [-0.1, -0.05) is 12.7 Å². The van der Waals surface area contributed by atoms with E-state index in [-0.39, 0.29) is 5.69 Å². The van der Waals surface area contributed by atoms with Gasteiger partial charge >= 0.3 is 5.97 Å². The van der Waals surface area contributed by atoms with Gasteiger partial charge < -0.3 is 5.11 Å². The van der Waals surface area contributed by atoms with E-state index in [1.54, 1.807) is 6.92 Å². The third-order valence-electron chi connectivity index (χ3n) is 1.80. The van der Waals surface area contributed by atoms with Crippen molar-refractivity contribution in [1.82, 2.24) is 4.98 Å². The summed E-state index contributed by atoms with van der Waals surface area (Å²) in [6.45, 7) is 7.18. The Balaban J connectivity index is 3.46. The van der Waals surface area contributed by atoms with Crippen LogP contribution in [0.1, 0.15) is 27.3 Å². The fourth-order valence-electron chi connectivity index (χ4n) is 1.27. The van der Waals surface area contributed by atoms with Gasteiger partial charge in [0.25, 0.3) is 0 Å². The molecule has 1 aromatic rings. The molecule has 0 saturated carbocycles. The maximum atomic E-state index is 10.8. The van der Waals surface area contributed by atoms with Crippen molar-refractivity contribution in [1.29, 1.82) is 0 Å². The van der Waals surface area contributed by atoms with E-state index in [4.69, 9.17) is 5.11 Å². The summed E-state index contributed by atoms with van der Waals surface area (Å²) in [5, 5.41) is 8.84. The van der Waals surface area contributed by atoms with Crippen LogP contribution in [0.25, 0.3) is 6.08 Å². The Labute approximate surface area is 76.7 Å². The molecular formula is C10H11NO2. The predicted molar refractivity (Wildman–Crippen MR) is 50.8 cm³/mol. The fourth-order valence-corrected chi connectivity index (χ4v) is 1.27. The van der Waals surface area contributed by atoms with E-state index in [2.05, 4.69) is 11.6 Å². The van der Waals surface area contributed by atoms with Crippen LogP contribution in [-0.4, -0.2) is 16.1 Å². The first-order valence-electron chi connectivity index (χ1n) is 3.90. The van der Waals surface area contributed by atoms with Crippen LogP contribution in [0.2, 0.25) is 0 Å². The average molecular weight is 177 g/mol. The lowest BCUT2D eigenvalue weighted by molar-refractivity contribution is 0.0690. The summed E-state index contributed by atoms with van der Waals surface area (Å²) in [5.74, 6) is -1.01. The van der Waals surface area contributed by atoms with E-state index in [1.165, 1.54) is 6.08 Å². The summed E-state index contributed by atoms with van der Waals surface area (Å²) >= 11 is 0.